The molecule has 0 fully saturated rings. The molecule has 0 saturated heterocycles. The smallest absolute Gasteiger partial charge is 0.181 e. The first-order valence-corrected chi connectivity index (χ1v) is 9.92. The summed E-state index contributed by atoms with van der Waals surface area (Å²) in [5, 5.41) is 0. The third-order valence-electron chi connectivity index (χ3n) is 3.61. The second-order valence-corrected chi connectivity index (χ2v) is 9.32. The van der Waals surface area contributed by atoms with Crippen molar-refractivity contribution < 1.29 is 18.2 Å². The molecule has 4 nitrogen and oxygen atoms in total. The molecule has 0 bridgehead atoms. The Morgan fingerprint density at radius 1 is 0.880 bits per heavy atom. The van der Waals surface area contributed by atoms with Crippen LogP contribution in [-0.4, -0.2) is 19.8 Å². The lowest BCUT2D eigenvalue weighted by molar-refractivity contribution is -0.372. The van der Waals surface area contributed by atoms with Gasteiger partial charge in [0.15, 0.2) is 9.84 Å². The minimum atomic E-state index is -3.51. The molecule has 0 heterocycles. The Hall–Kier alpha value is -1.69. The van der Waals surface area contributed by atoms with E-state index >= 15 is 0 Å². The number of hydrogen-bond donors (Lipinski definition) is 0. The summed E-state index contributed by atoms with van der Waals surface area (Å²) in [7, 11) is -3.51. The summed E-state index contributed by atoms with van der Waals surface area (Å²) in [6.45, 7) is 9.47. The predicted octanol–water partition coefficient (Wildman–Crippen LogP) is 4.57. The van der Waals surface area contributed by atoms with Gasteiger partial charge >= 0.3 is 0 Å². The van der Waals surface area contributed by atoms with E-state index < -0.39 is 21.5 Å². The van der Waals surface area contributed by atoms with Crippen LogP contribution >= 0.6 is 0 Å². The highest BCUT2D eigenvalue weighted by Gasteiger charge is 2.26. The van der Waals surface area contributed by atoms with Crippen LogP contribution in [0.15, 0.2) is 53.4 Å². The van der Waals surface area contributed by atoms with Crippen molar-refractivity contribution >= 4 is 9.84 Å². The summed E-state index contributed by atoms with van der Waals surface area (Å²) in [5.41, 5.74) is 2.35. The fourth-order valence-corrected chi connectivity index (χ4v) is 3.59. The fraction of sp³-hybridized carbons (Fsp3) is 0.400. The molecule has 5 heteroatoms. The SMILES string of the molecule is Cc1ccc(C(CS(=O)(=O)c2ccc(C)cc2)OOC(C)(C)C)cc1. The largest absolute Gasteiger partial charge is 0.230 e. The van der Waals surface area contributed by atoms with Gasteiger partial charge < -0.3 is 0 Å². The van der Waals surface area contributed by atoms with Crippen LogP contribution in [0.4, 0.5) is 0 Å². The maximum Gasteiger partial charge on any atom is 0.181 e. The van der Waals surface area contributed by atoms with Crippen LogP contribution in [0.5, 0.6) is 0 Å². The Balaban J connectivity index is 2.28. The second kappa shape index (κ2) is 7.68. The van der Waals surface area contributed by atoms with Crippen molar-refractivity contribution in [1.82, 2.24) is 0 Å². The Labute approximate surface area is 150 Å². The van der Waals surface area contributed by atoms with Crippen molar-refractivity contribution in [3.8, 4) is 0 Å². The van der Waals surface area contributed by atoms with E-state index in [1.807, 2.05) is 58.9 Å². The minimum Gasteiger partial charge on any atom is -0.230 e. The van der Waals surface area contributed by atoms with Gasteiger partial charge in [-0.2, -0.15) is 0 Å². The van der Waals surface area contributed by atoms with E-state index in [0.29, 0.717) is 0 Å². The highest BCUT2D eigenvalue weighted by atomic mass is 32.2. The van der Waals surface area contributed by atoms with Gasteiger partial charge in [-0.25, -0.2) is 18.2 Å². The molecule has 136 valence electrons. The normalized spacial score (nSPS) is 13.6. The summed E-state index contributed by atoms with van der Waals surface area (Å²) < 4.78 is 25.6. The average molecular weight is 362 g/mol. The van der Waals surface area contributed by atoms with Crippen molar-refractivity contribution in [2.24, 2.45) is 0 Å². The Morgan fingerprint density at radius 2 is 1.36 bits per heavy atom. The molecule has 0 N–H and O–H groups in total. The summed E-state index contributed by atoms with van der Waals surface area (Å²) in [6.07, 6.45) is -0.703. The summed E-state index contributed by atoms with van der Waals surface area (Å²) in [6, 6.07) is 14.4. The van der Waals surface area contributed by atoms with Gasteiger partial charge in [-0.05, 0) is 52.3 Å². The van der Waals surface area contributed by atoms with Gasteiger partial charge in [0, 0.05) is 0 Å². The van der Waals surface area contributed by atoms with Gasteiger partial charge in [0.1, 0.15) is 6.10 Å². The zero-order valence-electron chi connectivity index (χ0n) is 15.4. The van der Waals surface area contributed by atoms with Gasteiger partial charge in [-0.1, -0.05) is 47.5 Å². The van der Waals surface area contributed by atoms with E-state index in [9.17, 15) is 8.42 Å². The molecule has 1 unspecified atom stereocenters. The molecule has 25 heavy (non-hydrogen) atoms. The molecule has 0 radical (unpaired) electrons. The Morgan fingerprint density at radius 3 is 1.84 bits per heavy atom. The number of hydrogen-bond acceptors (Lipinski definition) is 4. The van der Waals surface area contributed by atoms with E-state index in [4.69, 9.17) is 9.78 Å². The van der Waals surface area contributed by atoms with Crippen molar-refractivity contribution in [2.45, 2.75) is 51.2 Å². The van der Waals surface area contributed by atoms with E-state index in [-0.39, 0.29) is 10.6 Å². The van der Waals surface area contributed by atoms with Crippen LogP contribution in [0.3, 0.4) is 0 Å². The van der Waals surface area contributed by atoms with Crippen LogP contribution in [0, 0.1) is 13.8 Å². The van der Waals surface area contributed by atoms with Crippen molar-refractivity contribution in [2.75, 3.05) is 5.75 Å². The van der Waals surface area contributed by atoms with E-state index in [1.165, 1.54) is 0 Å². The van der Waals surface area contributed by atoms with E-state index in [1.54, 1.807) is 24.3 Å². The zero-order valence-corrected chi connectivity index (χ0v) is 16.3. The van der Waals surface area contributed by atoms with Gasteiger partial charge in [0.25, 0.3) is 0 Å². The topological polar surface area (TPSA) is 52.6 Å². The summed E-state index contributed by atoms with van der Waals surface area (Å²) in [5.74, 6) is -0.185. The molecule has 0 amide bonds. The van der Waals surface area contributed by atoms with Crippen LogP contribution < -0.4 is 0 Å². The monoisotopic (exact) mass is 362 g/mol. The van der Waals surface area contributed by atoms with Gasteiger partial charge in [0.05, 0.1) is 16.2 Å². The number of sulfone groups is 1. The lowest BCUT2D eigenvalue weighted by Crippen LogP contribution is -2.24. The standard InChI is InChI=1S/C20H26O4S/c1-15-6-10-17(11-7-15)19(23-24-20(3,4)5)14-25(21,22)18-12-8-16(2)9-13-18/h6-13,19H,14H2,1-5H3. The minimum absolute atomic E-state index is 0.185. The van der Waals surface area contributed by atoms with E-state index in [2.05, 4.69) is 0 Å². The maximum absolute atomic E-state index is 12.8. The molecule has 2 aromatic rings. The van der Waals surface area contributed by atoms with Crippen molar-refractivity contribution in [3.63, 3.8) is 0 Å². The lowest BCUT2D eigenvalue weighted by atomic mass is 10.1. The molecule has 0 aliphatic carbocycles. The lowest BCUT2D eigenvalue weighted by Gasteiger charge is -2.23. The average Bonchev–Trinajstić information content (AvgIpc) is 2.52. The van der Waals surface area contributed by atoms with Crippen LogP contribution in [0.1, 0.15) is 43.6 Å². The van der Waals surface area contributed by atoms with Gasteiger partial charge in [-0.3, -0.25) is 0 Å². The van der Waals surface area contributed by atoms with Crippen LogP contribution in [-0.2, 0) is 19.6 Å². The van der Waals surface area contributed by atoms with Crippen LogP contribution in [0.2, 0.25) is 0 Å². The third-order valence-corrected chi connectivity index (χ3v) is 5.35. The highest BCUT2D eigenvalue weighted by molar-refractivity contribution is 7.91. The Bertz CT molecular complexity index is 785. The fourth-order valence-electron chi connectivity index (χ4n) is 2.20. The first kappa shape index (κ1) is 19.6. The molecule has 0 saturated carbocycles. The second-order valence-electron chi connectivity index (χ2n) is 7.29. The molecule has 1 atom stereocenters. The zero-order chi connectivity index (χ0) is 18.7. The number of aryl methyl sites for hydroxylation is 2. The van der Waals surface area contributed by atoms with Gasteiger partial charge in [0.2, 0.25) is 0 Å². The quantitative estimate of drug-likeness (QED) is 0.558. The Kier molecular flexibility index (Phi) is 6.03. The molecule has 0 aliphatic rings. The number of benzene rings is 2. The highest BCUT2D eigenvalue weighted by Crippen LogP contribution is 2.26. The van der Waals surface area contributed by atoms with Crippen molar-refractivity contribution in [3.05, 3.63) is 65.2 Å². The van der Waals surface area contributed by atoms with E-state index in [0.717, 1.165) is 16.7 Å². The molecular formula is C20H26O4S. The van der Waals surface area contributed by atoms with Crippen LogP contribution in [0.25, 0.3) is 0 Å². The summed E-state index contributed by atoms with van der Waals surface area (Å²) in [4.78, 5) is 11.2. The molecule has 0 aliphatic heterocycles. The third kappa shape index (κ3) is 5.96. The first-order chi connectivity index (χ1) is 11.6. The van der Waals surface area contributed by atoms with Crippen molar-refractivity contribution in [1.29, 1.82) is 0 Å². The molecule has 0 aromatic heterocycles. The first-order valence-electron chi connectivity index (χ1n) is 8.27. The predicted molar refractivity (Wildman–Crippen MR) is 99.1 cm³/mol. The number of rotatable bonds is 6. The molecule has 2 rings (SSSR count). The maximum atomic E-state index is 12.8. The molecule has 2 aromatic carbocycles. The molecular weight excluding hydrogens is 336 g/mol. The molecule has 0 spiro atoms. The van der Waals surface area contributed by atoms with Gasteiger partial charge in [-0.15, -0.1) is 0 Å². The summed E-state index contributed by atoms with van der Waals surface area (Å²) >= 11 is 0.